The van der Waals surface area contributed by atoms with Crippen LogP contribution in [-0.2, 0) is 6.54 Å². The number of hydrogen-bond donors (Lipinski definition) is 1. The van der Waals surface area contributed by atoms with Gasteiger partial charge in [0, 0.05) is 43.8 Å². The van der Waals surface area contributed by atoms with Crippen molar-refractivity contribution >= 4 is 11.8 Å². The van der Waals surface area contributed by atoms with E-state index in [0.29, 0.717) is 11.9 Å². The quantitative estimate of drug-likeness (QED) is 0.764. The first-order valence-electron chi connectivity index (χ1n) is 8.99. The Morgan fingerprint density at radius 3 is 2.88 bits per heavy atom. The average molecular weight is 346 g/mol. The fourth-order valence-electron chi connectivity index (χ4n) is 3.40. The van der Waals surface area contributed by atoms with Crippen molar-refractivity contribution in [3.05, 3.63) is 72.4 Å². The molecule has 1 fully saturated rings. The number of piperidine rings is 1. The van der Waals surface area contributed by atoms with Crippen LogP contribution >= 0.6 is 0 Å². The summed E-state index contributed by atoms with van der Waals surface area (Å²) in [4.78, 5) is 20.0. The maximum atomic E-state index is 4.73. The standard InChI is InChI=1S/C20H22N6/c1-2-10-22-19(7-1)25-20-23-11-8-18(24-20)17-6-4-12-26(15-17)14-16-5-3-9-21-13-16/h1-3,5,7-11,13,17H,4,6,12,14-15H2,(H,22,23,24,25)/t17-/m1/s1. The number of anilines is 2. The highest BCUT2D eigenvalue weighted by atomic mass is 15.2. The van der Waals surface area contributed by atoms with Crippen LogP contribution in [0.25, 0.3) is 0 Å². The molecule has 0 aromatic carbocycles. The van der Waals surface area contributed by atoms with Crippen molar-refractivity contribution in [2.75, 3.05) is 18.4 Å². The average Bonchev–Trinajstić information content (AvgIpc) is 2.70. The summed E-state index contributed by atoms with van der Waals surface area (Å²) < 4.78 is 0. The van der Waals surface area contributed by atoms with E-state index in [1.54, 1.807) is 6.20 Å². The Bertz CT molecular complexity index is 824. The third kappa shape index (κ3) is 4.21. The van der Waals surface area contributed by atoms with Crippen LogP contribution in [0.1, 0.15) is 30.0 Å². The smallest absolute Gasteiger partial charge is 0.228 e. The summed E-state index contributed by atoms with van der Waals surface area (Å²) in [5, 5.41) is 3.18. The topological polar surface area (TPSA) is 66.8 Å². The summed E-state index contributed by atoms with van der Waals surface area (Å²) >= 11 is 0. The monoisotopic (exact) mass is 346 g/mol. The minimum Gasteiger partial charge on any atom is -0.309 e. The van der Waals surface area contributed by atoms with Gasteiger partial charge in [-0.2, -0.15) is 0 Å². The van der Waals surface area contributed by atoms with Crippen LogP contribution < -0.4 is 5.32 Å². The van der Waals surface area contributed by atoms with Gasteiger partial charge in [-0.1, -0.05) is 12.1 Å². The van der Waals surface area contributed by atoms with Crippen LogP contribution in [0.5, 0.6) is 0 Å². The summed E-state index contributed by atoms with van der Waals surface area (Å²) in [6, 6.07) is 11.9. The highest BCUT2D eigenvalue weighted by Gasteiger charge is 2.22. The Labute approximate surface area is 153 Å². The Morgan fingerprint density at radius 1 is 1.04 bits per heavy atom. The Hall–Kier alpha value is -2.86. The molecule has 0 radical (unpaired) electrons. The SMILES string of the molecule is c1ccc(Nc2nccc([C@@H]3CCCN(Cc4cccnc4)C3)n2)nc1. The fraction of sp³-hybridized carbons (Fsp3) is 0.300. The lowest BCUT2D eigenvalue weighted by atomic mass is 9.94. The predicted molar refractivity (Wildman–Crippen MR) is 101 cm³/mol. The van der Waals surface area contributed by atoms with Gasteiger partial charge in [0.05, 0.1) is 5.69 Å². The third-order valence-electron chi connectivity index (χ3n) is 4.63. The van der Waals surface area contributed by atoms with E-state index in [1.165, 1.54) is 12.0 Å². The number of hydrogen-bond acceptors (Lipinski definition) is 6. The van der Waals surface area contributed by atoms with E-state index in [0.717, 1.165) is 37.6 Å². The van der Waals surface area contributed by atoms with Crippen LogP contribution in [-0.4, -0.2) is 37.9 Å². The van der Waals surface area contributed by atoms with Crippen molar-refractivity contribution in [1.29, 1.82) is 0 Å². The zero-order valence-corrected chi connectivity index (χ0v) is 14.6. The molecule has 0 bridgehead atoms. The number of nitrogens with zero attached hydrogens (tertiary/aromatic N) is 5. The van der Waals surface area contributed by atoms with E-state index in [9.17, 15) is 0 Å². The molecule has 1 N–H and O–H groups in total. The lowest BCUT2D eigenvalue weighted by molar-refractivity contribution is 0.198. The molecule has 3 aromatic rings. The van der Waals surface area contributed by atoms with E-state index in [1.807, 2.05) is 48.9 Å². The summed E-state index contributed by atoms with van der Waals surface area (Å²) in [5.41, 5.74) is 2.35. The van der Waals surface area contributed by atoms with Gasteiger partial charge in [0.2, 0.25) is 5.95 Å². The second-order valence-corrected chi connectivity index (χ2v) is 6.58. The number of likely N-dealkylation sites (tertiary alicyclic amines) is 1. The minimum absolute atomic E-state index is 0.424. The summed E-state index contributed by atoms with van der Waals surface area (Å²) in [6.45, 7) is 3.07. The largest absolute Gasteiger partial charge is 0.309 e. The molecule has 132 valence electrons. The number of pyridine rings is 2. The molecule has 1 aliphatic rings. The van der Waals surface area contributed by atoms with Crippen LogP contribution in [0.4, 0.5) is 11.8 Å². The Morgan fingerprint density at radius 2 is 2.04 bits per heavy atom. The van der Waals surface area contributed by atoms with Gasteiger partial charge < -0.3 is 5.32 Å². The Kier molecular flexibility index (Phi) is 5.12. The van der Waals surface area contributed by atoms with Crippen molar-refractivity contribution < 1.29 is 0 Å². The van der Waals surface area contributed by atoms with Crippen LogP contribution in [0, 0.1) is 0 Å². The zero-order chi connectivity index (χ0) is 17.6. The second kappa shape index (κ2) is 8.01. The molecule has 0 unspecified atom stereocenters. The molecular weight excluding hydrogens is 324 g/mol. The van der Waals surface area contributed by atoms with Crippen molar-refractivity contribution in [2.24, 2.45) is 0 Å². The highest BCUT2D eigenvalue weighted by molar-refractivity contribution is 5.46. The van der Waals surface area contributed by atoms with Gasteiger partial charge in [-0.15, -0.1) is 0 Å². The van der Waals surface area contributed by atoms with Gasteiger partial charge in [0.1, 0.15) is 5.82 Å². The molecule has 1 saturated heterocycles. The van der Waals surface area contributed by atoms with Crippen molar-refractivity contribution in [1.82, 2.24) is 24.8 Å². The molecule has 1 atom stereocenters. The lowest BCUT2D eigenvalue weighted by Gasteiger charge is -2.32. The van der Waals surface area contributed by atoms with Crippen LogP contribution in [0.3, 0.4) is 0 Å². The fourth-order valence-corrected chi connectivity index (χ4v) is 3.40. The number of rotatable bonds is 5. The van der Waals surface area contributed by atoms with Crippen molar-refractivity contribution in [3.8, 4) is 0 Å². The number of aromatic nitrogens is 4. The normalized spacial score (nSPS) is 17.8. The van der Waals surface area contributed by atoms with Gasteiger partial charge in [0.25, 0.3) is 0 Å². The van der Waals surface area contributed by atoms with Crippen LogP contribution in [0.15, 0.2) is 61.2 Å². The van der Waals surface area contributed by atoms with Gasteiger partial charge in [0.15, 0.2) is 0 Å². The molecule has 0 amide bonds. The zero-order valence-electron chi connectivity index (χ0n) is 14.6. The Balaban J connectivity index is 1.44. The van der Waals surface area contributed by atoms with E-state index >= 15 is 0 Å². The molecule has 26 heavy (non-hydrogen) atoms. The highest BCUT2D eigenvalue weighted by Crippen LogP contribution is 2.27. The van der Waals surface area contributed by atoms with Gasteiger partial charge in [-0.25, -0.2) is 15.0 Å². The number of nitrogens with one attached hydrogen (secondary N) is 1. The first-order valence-corrected chi connectivity index (χ1v) is 8.99. The van der Waals surface area contributed by atoms with Crippen molar-refractivity contribution in [3.63, 3.8) is 0 Å². The molecule has 1 aliphatic heterocycles. The first-order chi connectivity index (χ1) is 12.9. The van der Waals surface area contributed by atoms with Gasteiger partial charge in [-0.3, -0.25) is 9.88 Å². The van der Waals surface area contributed by atoms with E-state index in [4.69, 9.17) is 4.98 Å². The van der Waals surface area contributed by atoms with E-state index in [-0.39, 0.29) is 0 Å². The molecule has 6 nitrogen and oxygen atoms in total. The predicted octanol–water partition coefficient (Wildman–Crippen LogP) is 3.39. The van der Waals surface area contributed by atoms with E-state index < -0.39 is 0 Å². The van der Waals surface area contributed by atoms with Gasteiger partial charge in [-0.05, 0) is 49.2 Å². The third-order valence-corrected chi connectivity index (χ3v) is 4.63. The molecule has 0 aliphatic carbocycles. The maximum absolute atomic E-state index is 4.73. The van der Waals surface area contributed by atoms with Crippen molar-refractivity contribution in [2.45, 2.75) is 25.3 Å². The maximum Gasteiger partial charge on any atom is 0.228 e. The molecule has 0 spiro atoms. The summed E-state index contributed by atoms with van der Waals surface area (Å²) in [6.07, 6.45) is 9.68. The summed E-state index contributed by atoms with van der Waals surface area (Å²) in [7, 11) is 0. The van der Waals surface area contributed by atoms with Crippen LogP contribution in [0.2, 0.25) is 0 Å². The molecule has 4 rings (SSSR count). The molecule has 6 heteroatoms. The minimum atomic E-state index is 0.424. The molecule has 4 heterocycles. The lowest BCUT2D eigenvalue weighted by Crippen LogP contribution is -2.34. The molecule has 3 aromatic heterocycles. The van der Waals surface area contributed by atoms with Gasteiger partial charge >= 0.3 is 0 Å². The first kappa shape index (κ1) is 16.6. The molecular formula is C20H22N6. The molecule has 0 saturated carbocycles. The summed E-state index contributed by atoms with van der Waals surface area (Å²) in [5.74, 6) is 1.78. The van der Waals surface area contributed by atoms with E-state index in [2.05, 4.69) is 31.2 Å². The second-order valence-electron chi connectivity index (χ2n) is 6.58.